The van der Waals surface area contributed by atoms with Crippen molar-refractivity contribution in [1.82, 2.24) is 14.9 Å². The van der Waals surface area contributed by atoms with E-state index in [1.54, 1.807) is 18.5 Å². The van der Waals surface area contributed by atoms with Crippen LogP contribution in [0.3, 0.4) is 0 Å². The number of imidazole rings is 1. The molecule has 0 aliphatic carbocycles. The molecule has 0 fully saturated rings. The molecule has 1 amide bonds. The van der Waals surface area contributed by atoms with Gasteiger partial charge in [-0.15, -0.1) is 0 Å². The fraction of sp³-hybridized carbons (Fsp3) is 0.286. The molecule has 0 spiro atoms. The Bertz CT molecular complexity index is 945. The minimum Gasteiger partial charge on any atom is -0.467 e. The Hall–Kier alpha value is -3.15. The van der Waals surface area contributed by atoms with Gasteiger partial charge in [-0.05, 0) is 48.7 Å². The van der Waals surface area contributed by atoms with Gasteiger partial charge in [-0.3, -0.25) is 9.36 Å². The van der Waals surface area contributed by atoms with Gasteiger partial charge in [-0.1, -0.05) is 26.0 Å². The lowest BCUT2D eigenvalue weighted by Gasteiger charge is -2.18. The number of hydrogen-bond donors (Lipinski definition) is 1. The minimum absolute atomic E-state index is 0.256. The van der Waals surface area contributed by atoms with E-state index in [2.05, 4.69) is 10.3 Å². The highest BCUT2D eigenvalue weighted by Crippen LogP contribution is 2.18. The van der Waals surface area contributed by atoms with E-state index in [1.807, 2.05) is 54.8 Å². The van der Waals surface area contributed by atoms with Crippen molar-refractivity contribution in [2.75, 3.05) is 7.11 Å². The van der Waals surface area contributed by atoms with E-state index in [-0.39, 0.29) is 11.8 Å². The summed E-state index contributed by atoms with van der Waals surface area (Å²) in [5.74, 6) is -0.474. The van der Waals surface area contributed by atoms with Crippen molar-refractivity contribution >= 4 is 22.9 Å². The number of benzene rings is 2. The predicted octanol–water partition coefficient (Wildman–Crippen LogP) is 3.34. The fourth-order valence-corrected chi connectivity index (χ4v) is 3.01. The summed E-state index contributed by atoms with van der Waals surface area (Å²) in [6.45, 7) is 3.98. The summed E-state index contributed by atoms with van der Waals surface area (Å²) in [6, 6.07) is 14.4. The largest absolute Gasteiger partial charge is 0.467 e. The molecule has 1 unspecified atom stereocenters. The second-order valence-corrected chi connectivity index (χ2v) is 6.83. The van der Waals surface area contributed by atoms with Crippen molar-refractivity contribution in [3.05, 3.63) is 60.4 Å². The van der Waals surface area contributed by atoms with Gasteiger partial charge in [0.2, 0.25) is 0 Å². The number of rotatable bonds is 6. The molecule has 1 aromatic heterocycles. The van der Waals surface area contributed by atoms with E-state index in [4.69, 9.17) is 4.74 Å². The van der Waals surface area contributed by atoms with Crippen LogP contribution in [0.15, 0.2) is 54.9 Å². The van der Waals surface area contributed by atoms with Crippen molar-refractivity contribution in [2.45, 2.75) is 26.3 Å². The first kappa shape index (κ1) is 18.6. The Kier molecular flexibility index (Phi) is 5.54. The maximum atomic E-state index is 12.5. The number of carbonyl (C=O) groups excluding carboxylic acids is 2. The van der Waals surface area contributed by atoms with E-state index in [1.165, 1.54) is 7.11 Å². The highest BCUT2D eigenvalue weighted by molar-refractivity contribution is 5.97. The smallest absolute Gasteiger partial charge is 0.328 e. The molecule has 6 nitrogen and oxygen atoms in total. The summed E-state index contributed by atoms with van der Waals surface area (Å²) in [5.41, 5.74) is 3.30. The van der Waals surface area contributed by atoms with Gasteiger partial charge in [0.1, 0.15) is 12.4 Å². The van der Waals surface area contributed by atoms with Gasteiger partial charge < -0.3 is 10.1 Å². The number of fused-ring (bicyclic) bond motifs is 1. The lowest BCUT2D eigenvalue weighted by molar-refractivity contribution is -0.143. The Morgan fingerprint density at radius 1 is 1.11 bits per heavy atom. The number of nitrogens with one attached hydrogen (secondary N) is 1. The molecule has 0 saturated heterocycles. The molecule has 0 aliphatic heterocycles. The summed E-state index contributed by atoms with van der Waals surface area (Å²) < 4.78 is 6.76. The summed E-state index contributed by atoms with van der Waals surface area (Å²) in [6.07, 6.45) is 2.28. The third-order valence-corrected chi connectivity index (χ3v) is 4.36. The molecule has 3 rings (SSSR count). The molecule has 0 bridgehead atoms. The van der Waals surface area contributed by atoms with E-state index in [9.17, 15) is 9.59 Å². The lowest BCUT2D eigenvalue weighted by atomic mass is 10.0. The average Bonchev–Trinajstić information content (AvgIpc) is 3.10. The standard InChI is InChI=1S/C21H23N3O3/c1-14(2)12-18(21(26)27-3)23-20(25)15-8-10-16(11-9-15)24-13-22-17-6-4-5-7-19(17)24/h4-11,13-14,18H,12H2,1-3H3,(H,23,25). The van der Waals surface area contributed by atoms with Gasteiger partial charge in [-0.25, -0.2) is 9.78 Å². The number of para-hydroxylation sites is 2. The van der Waals surface area contributed by atoms with Gasteiger partial charge in [-0.2, -0.15) is 0 Å². The zero-order valence-corrected chi connectivity index (χ0v) is 15.7. The molecule has 6 heteroatoms. The Morgan fingerprint density at radius 2 is 1.81 bits per heavy atom. The van der Waals surface area contributed by atoms with E-state index in [0.29, 0.717) is 12.0 Å². The molecule has 0 aliphatic rings. The van der Waals surface area contributed by atoms with E-state index in [0.717, 1.165) is 16.7 Å². The monoisotopic (exact) mass is 365 g/mol. The van der Waals surface area contributed by atoms with Crippen LogP contribution in [0.2, 0.25) is 0 Å². The number of esters is 1. The number of aromatic nitrogens is 2. The summed E-state index contributed by atoms with van der Waals surface area (Å²) in [7, 11) is 1.33. The molecule has 2 aromatic carbocycles. The zero-order chi connectivity index (χ0) is 19.4. The zero-order valence-electron chi connectivity index (χ0n) is 15.7. The third-order valence-electron chi connectivity index (χ3n) is 4.36. The molecule has 1 N–H and O–H groups in total. The van der Waals surface area contributed by atoms with Crippen LogP contribution in [0.1, 0.15) is 30.6 Å². The number of ether oxygens (including phenoxy) is 1. The van der Waals surface area contributed by atoms with Gasteiger partial charge in [0.25, 0.3) is 5.91 Å². The normalized spacial score (nSPS) is 12.1. The highest BCUT2D eigenvalue weighted by Gasteiger charge is 2.23. The molecule has 1 heterocycles. The molecule has 0 radical (unpaired) electrons. The van der Waals surface area contributed by atoms with Crippen LogP contribution in [0.4, 0.5) is 0 Å². The first-order valence-corrected chi connectivity index (χ1v) is 8.91. The number of carbonyl (C=O) groups is 2. The average molecular weight is 365 g/mol. The van der Waals surface area contributed by atoms with Crippen LogP contribution in [0.5, 0.6) is 0 Å². The van der Waals surface area contributed by atoms with Gasteiger partial charge in [0.15, 0.2) is 0 Å². The minimum atomic E-state index is -0.653. The van der Waals surface area contributed by atoms with Gasteiger partial charge in [0, 0.05) is 11.3 Å². The van der Waals surface area contributed by atoms with Crippen LogP contribution < -0.4 is 5.32 Å². The molecule has 140 valence electrons. The summed E-state index contributed by atoms with van der Waals surface area (Å²) in [4.78, 5) is 28.8. The van der Waals surface area contributed by atoms with Crippen molar-refractivity contribution < 1.29 is 14.3 Å². The second kappa shape index (κ2) is 8.03. The first-order valence-electron chi connectivity index (χ1n) is 8.91. The topological polar surface area (TPSA) is 73.2 Å². The second-order valence-electron chi connectivity index (χ2n) is 6.83. The Labute approximate surface area is 158 Å². The molecule has 27 heavy (non-hydrogen) atoms. The van der Waals surface area contributed by atoms with Crippen LogP contribution in [-0.2, 0) is 9.53 Å². The molecular weight excluding hydrogens is 342 g/mol. The van der Waals surface area contributed by atoms with Crippen molar-refractivity contribution in [2.24, 2.45) is 5.92 Å². The highest BCUT2D eigenvalue weighted by atomic mass is 16.5. The molecule has 1 atom stereocenters. The first-order chi connectivity index (χ1) is 13.0. The van der Waals surface area contributed by atoms with E-state index < -0.39 is 12.0 Å². The fourth-order valence-electron chi connectivity index (χ4n) is 3.01. The molecule has 0 saturated carbocycles. The number of hydrogen-bond acceptors (Lipinski definition) is 4. The number of amides is 1. The summed E-state index contributed by atoms with van der Waals surface area (Å²) >= 11 is 0. The van der Waals surface area contributed by atoms with Gasteiger partial charge >= 0.3 is 5.97 Å². The third kappa shape index (κ3) is 4.16. The SMILES string of the molecule is COC(=O)C(CC(C)C)NC(=O)c1ccc(-n2cnc3ccccc32)cc1. The van der Waals surface area contributed by atoms with Crippen LogP contribution in [0.25, 0.3) is 16.7 Å². The molecule has 3 aromatic rings. The van der Waals surface area contributed by atoms with Crippen molar-refractivity contribution in [3.63, 3.8) is 0 Å². The maximum Gasteiger partial charge on any atom is 0.328 e. The predicted molar refractivity (Wildman–Crippen MR) is 104 cm³/mol. The lowest BCUT2D eigenvalue weighted by Crippen LogP contribution is -2.42. The Morgan fingerprint density at radius 3 is 2.48 bits per heavy atom. The number of methoxy groups -OCH3 is 1. The van der Waals surface area contributed by atoms with Crippen LogP contribution in [-0.4, -0.2) is 34.6 Å². The maximum absolute atomic E-state index is 12.5. The number of nitrogens with zero attached hydrogens (tertiary/aromatic N) is 2. The molecular formula is C21H23N3O3. The van der Waals surface area contributed by atoms with Crippen LogP contribution >= 0.6 is 0 Å². The van der Waals surface area contributed by atoms with E-state index >= 15 is 0 Å². The van der Waals surface area contributed by atoms with Crippen molar-refractivity contribution in [1.29, 1.82) is 0 Å². The quantitative estimate of drug-likeness (QED) is 0.680. The Balaban J connectivity index is 1.78. The van der Waals surface area contributed by atoms with Crippen LogP contribution in [0, 0.1) is 5.92 Å². The van der Waals surface area contributed by atoms with Gasteiger partial charge in [0.05, 0.1) is 18.1 Å². The van der Waals surface area contributed by atoms with Crippen molar-refractivity contribution in [3.8, 4) is 5.69 Å². The summed E-state index contributed by atoms with van der Waals surface area (Å²) in [5, 5.41) is 2.77.